The number of allylic oxidation sites excluding steroid dienone is 7. The first-order chi connectivity index (χ1) is 33.3. The van der Waals surface area contributed by atoms with Crippen molar-refractivity contribution >= 4 is 5.91 Å². The molecule has 1 rings (SSSR count). The average Bonchev–Trinajstić information content (AvgIpc) is 3.34. The number of aliphatic hydroxyl groups is 5. The summed E-state index contributed by atoms with van der Waals surface area (Å²) in [6.45, 7) is 3.74. The highest BCUT2D eigenvalue weighted by atomic mass is 16.7. The predicted octanol–water partition coefficient (Wildman–Crippen LogP) is 14.1. The van der Waals surface area contributed by atoms with Gasteiger partial charge in [-0.05, 0) is 64.2 Å². The lowest BCUT2D eigenvalue weighted by Crippen LogP contribution is -2.60. The third-order valence-electron chi connectivity index (χ3n) is 13.6. The highest BCUT2D eigenvalue weighted by molar-refractivity contribution is 5.76. The number of ether oxygens (including phenoxy) is 2. The van der Waals surface area contributed by atoms with Crippen LogP contribution in [0.1, 0.15) is 264 Å². The summed E-state index contributed by atoms with van der Waals surface area (Å²) in [4.78, 5) is 13.0. The van der Waals surface area contributed by atoms with Crippen LogP contribution in [0.3, 0.4) is 0 Å². The van der Waals surface area contributed by atoms with Gasteiger partial charge in [0.2, 0.25) is 5.91 Å². The van der Waals surface area contributed by atoms with Gasteiger partial charge in [0.05, 0.1) is 25.4 Å². The van der Waals surface area contributed by atoms with Crippen LogP contribution in [-0.4, -0.2) is 87.5 Å². The molecule has 6 N–H and O–H groups in total. The average molecular weight is 961 g/mol. The van der Waals surface area contributed by atoms with Gasteiger partial charge in [0, 0.05) is 6.42 Å². The zero-order chi connectivity index (χ0) is 49.4. The van der Waals surface area contributed by atoms with Gasteiger partial charge in [0.1, 0.15) is 24.4 Å². The van der Waals surface area contributed by atoms with Gasteiger partial charge in [0.25, 0.3) is 0 Å². The number of nitrogens with one attached hydrogen (secondary N) is 1. The van der Waals surface area contributed by atoms with Gasteiger partial charge in [-0.15, -0.1) is 0 Å². The van der Waals surface area contributed by atoms with E-state index in [1.54, 1.807) is 6.08 Å². The normalized spacial score (nSPS) is 19.9. The van der Waals surface area contributed by atoms with E-state index < -0.39 is 49.5 Å². The molecule has 0 aromatic heterocycles. The summed E-state index contributed by atoms with van der Waals surface area (Å²) in [5.41, 5.74) is 0. The van der Waals surface area contributed by atoms with Gasteiger partial charge in [-0.1, -0.05) is 242 Å². The van der Waals surface area contributed by atoms with Crippen LogP contribution < -0.4 is 5.32 Å². The summed E-state index contributed by atoms with van der Waals surface area (Å²) in [6.07, 6.45) is 57.7. The van der Waals surface area contributed by atoms with Crippen molar-refractivity contribution in [2.75, 3.05) is 13.2 Å². The molecule has 0 bridgehead atoms. The second kappa shape index (κ2) is 48.8. The number of carbonyl (C=O) groups excluding carboxylic acids is 1. The summed E-state index contributed by atoms with van der Waals surface area (Å²) in [6, 6.07) is -0.830. The SMILES string of the molecule is CCCCC/C=C\C/C=C\CCCCCCCC(=O)NC(COC1OC(CO)C(O)C(O)C1O)C(O)/C=C/CC/C=C/CCCCCCCCCCCCCCCCCCCCCCCCCC. The Morgan fingerprint density at radius 1 is 0.500 bits per heavy atom. The van der Waals surface area contributed by atoms with Crippen molar-refractivity contribution in [2.45, 2.75) is 307 Å². The third-order valence-corrected chi connectivity index (χ3v) is 13.6. The van der Waals surface area contributed by atoms with Crippen LogP contribution in [0.15, 0.2) is 48.6 Å². The first-order valence-electron chi connectivity index (χ1n) is 28.9. The second-order valence-electron chi connectivity index (χ2n) is 20.1. The maximum atomic E-state index is 13.0. The molecule has 0 radical (unpaired) electrons. The Kier molecular flexibility index (Phi) is 46.0. The molecule has 0 aliphatic carbocycles. The Bertz CT molecular complexity index is 1210. The van der Waals surface area contributed by atoms with E-state index in [1.165, 1.54) is 180 Å². The number of unbranched alkanes of at least 4 members (excludes halogenated alkanes) is 33. The molecular formula is C59H109NO8. The van der Waals surface area contributed by atoms with E-state index >= 15 is 0 Å². The first kappa shape index (κ1) is 64.2. The summed E-state index contributed by atoms with van der Waals surface area (Å²) >= 11 is 0. The van der Waals surface area contributed by atoms with E-state index in [0.29, 0.717) is 6.42 Å². The summed E-state index contributed by atoms with van der Waals surface area (Å²) in [5.74, 6) is -0.200. The Morgan fingerprint density at radius 2 is 0.882 bits per heavy atom. The smallest absolute Gasteiger partial charge is 0.220 e. The molecule has 0 aromatic rings. The van der Waals surface area contributed by atoms with Gasteiger partial charge < -0.3 is 40.3 Å². The lowest BCUT2D eigenvalue weighted by Gasteiger charge is -2.40. The largest absolute Gasteiger partial charge is 0.394 e. The fourth-order valence-corrected chi connectivity index (χ4v) is 9.03. The van der Waals surface area contributed by atoms with Crippen LogP contribution in [-0.2, 0) is 14.3 Å². The van der Waals surface area contributed by atoms with Crippen LogP contribution in [0, 0.1) is 0 Å². The highest BCUT2D eigenvalue weighted by Gasteiger charge is 2.44. The molecule has 0 aromatic carbocycles. The molecule has 1 heterocycles. The first-order valence-corrected chi connectivity index (χ1v) is 28.9. The van der Waals surface area contributed by atoms with Crippen LogP contribution in [0.25, 0.3) is 0 Å². The maximum absolute atomic E-state index is 13.0. The van der Waals surface area contributed by atoms with E-state index in [-0.39, 0.29) is 12.5 Å². The molecule has 0 saturated carbocycles. The minimum absolute atomic E-state index is 0.200. The molecule has 0 spiro atoms. The minimum atomic E-state index is -1.58. The monoisotopic (exact) mass is 960 g/mol. The van der Waals surface area contributed by atoms with Crippen LogP contribution >= 0.6 is 0 Å². The van der Waals surface area contributed by atoms with Gasteiger partial charge in [0.15, 0.2) is 6.29 Å². The van der Waals surface area contributed by atoms with Crippen LogP contribution in [0.2, 0.25) is 0 Å². The van der Waals surface area contributed by atoms with E-state index in [4.69, 9.17) is 9.47 Å². The topological polar surface area (TPSA) is 149 Å². The maximum Gasteiger partial charge on any atom is 0.220 e. The van der Waals surface area contributed by atoms with Crippen molar-refractivity contribution in [1.82, 2.24) is 5.32 Å². The quantitative estimate of drug-likeness (QED) is 0.0261. The lowest BCUT2D eigenvalue weighted by atomic mass is 9.99. The number of aliphatic hydroxyl groups excluding tert-OH is 5. The molecule has 1 saturated heterocycles. The second-order valence-corrected chi connectivity index (χ2v) is 20.1. The van der Waals surface area contributed by atoms with Gasteiger partial charge in [-0.25, -0.2) is 0 Å². The fourth-order valence-electron chi connectivity index (χ4n) is 9.03. The summed E-state index contributed by atoms with van der Waals surface area (Å²) < 4.78 is 11.2. The molecule has 7 atom stereocenters. The molecule has 1 aliphatic heterocycles. The molecule has 1 amide bonds. The minimum Gasteiger partial charge on any atom is -0.394 e. The summed E-state index contributed by atoms with van der Waals surface area (Å²) in [7, 11) is 0. The number of hydrogen-bond acceptors (Lipinski definition) is 8. The number of carbonyl (C=O) groups is 1. The number of hydrogen-bond donors (Lipinski definition) is 6. The zero-order valence-electron chi connectivity index (χ0n) is 44.1. The standard InChI is InChI=1S/C59H109NO8/c1-3-5-7-9-11-13-15-17-19-20-21-22-23-24-25-26-27-28-29-30-31-32-33-35-36-38-40-42-44-46-48-53(62)52(51-67-59-58(66)57(65)56(64)54(50-61)68-59)60-55(63)49-47-45-43-41-39-37-34-18-16-14-12-10-8-6-4-2/h12,14,18,34,38,40,46,48,52-54,56-59,61-62,64-66H,3-11,13,15-17,19-33,35-37,39,41-45,47,49-51H2,1-2H3,(H,60,63)/b14-12-,34-18-,40-38+,48-46+. The summed E-state index contributed by atoms with van der Waals surface area (Å²) in [5, 5.41) is 54.4. The molecular weight excluding hydrogens is 851 g/mol. The molecule has 68 heavy (non-hydrogen) atoms. The molecule has 9 nitrogen and oxygen atoms in total. The lowest BCUT2D eigenvalue weighted by molar-refractivity contribution is -0.302. The van der Waals surface area contributed by atoms with Crippen LogP contribution in [0.4, 0.5) is 0 Å². The van der Waals surface area contributed by atoms with Crippen molar-refractivity contribution in [3.63, 3.8) is 0 Å². The van der Waals surface area contributed by atoms with Crippen molar-refractivity contribution in [1.29, 1.82) is 0 Å². The Hall–Kier alpha value is -1.85. The highest BCUT2D eigenvalue weighted by Crippen LogP contribution is 2.23. The van der Waals surface area contributed by atoms with Crippen molar-refractivity contribution in [2.24, 2.45) is 0 Å². The van der Waals surface area contributed by atoms with Gasteiger partial charge in [-0.2, -0.15) is 0 Å². The molecule has 1 fully saturated rings. The van der Waals surface area contributed by atoms with Gasteiger partial charge in [-0.3, -0.25) is 4.79 Å². The molecule has 1 aliphatic rings. The van der Waals surface area contributed by atoms with Crippen molar-refractivity contribution < 1.29 is 39.8 Å². The number of rotatable bonds is 49. The fraction of sp³-hybridized carbons (Fsp3) is 0.847. The molecule has 398 valence electrons. The Labute approximate surface area is 418 Å². The predicted molar refractivity (Wildman–Crippen MR) is 286 cm³/mol. The van der Waals surface area contributed by atoms with Crippen molar-refractivity contribution in [3.05, 3.63) is 48.6 Å². The van der Waals surface area contributed by atoms with E-state index in [9.17, 15) is 30.3 Å². The molecule has 9 heteroatoms. The van der Waals surface area contributed by atoms with Gasteiger partial charge >= 0.3 is 0 Å². The Balaban J connectivity index is 2.21. The zero-order valence-corrected chi connectivity index (χ0v) is 44.1. The Morgan fingerprint density at radius 3 is 1.35 bits per heavy atom. The third kappa shape index (κ3) is 37.9. The van der Waals surface area contributed by atoms with E-state index in [1.807, 2.05) is 6.08 Å². The van der Waals surface area contributed by atoms with E-state index in [2.05, 4.69) is 55.6 Å². The van der Waals surface area contributed by atoms with Crippen LogP contribution in [0.5, 0.6) is 0 Å². The number of amides is 1. The molecule has 7 unspecified atom stereocenters. The van der Waals surface area contributed by atoms with E-state index in [0.717, 1.165) is 64.2 Å². The van der Waals surface area contributed by atoms with Crippen molar-refractivity contribution in [3.8, 4) is 0 Å².